The summed E-state index contributed by atoms with van der Waals surface area (Å²) in [6.45, 7) is 3.95. The minimum absolute atomic E-state index is 0.0267. The normalized spacial score (nSPS) is 47.6. The van der Waals surface area contributed by atoms with Gasteiger partial charge in [0.1, 0.15) is 12.9 Å². The molecule has 3 saturated carbocycles. The van der Waals surface area contributed by atoms with Gasteiger partial charge in [0.25, 0.3) is 0 Å². The van der Waals surface area contributed by atoms with Crippen LogP contribution >= 0.6 is 0 Å². The van der Waals surface area contributed by atoms with Gasteiger partial charge in [-0.1, -0.05) is 0 Å². The fourth-order valence-corrected chi connectivity index (χ4v) is 10.1. The lowest BCUT2D eigenvalue weighted by molar-refractivity contribution is -0.175. The second kappa shape index (κ2) is 11.7. The molecule has 41 heavy (non-hydrogen) atoms. The number of methoxy groups -OCH3 is 2. The first-order valence-corrected chi connectivity index (χ1v) is 16.3. The lowest BCUT2D eigenvalue weighted by Crippen LogP contribution is -2.70. The highest BCUT2D eigenvalue weighted by molar-refractivity contribution is 5.83. The number of nitrogens with zero attached hydrogens (tertiary/aromatic N) is 1. The largest absolute Gasteiger partial charge is 0.379 e. The quantitative estimate of drug-likeness (QED) is 0.474. The van der Waals surface area contributed by atoms with Gasteiger partial charge in [-0.05, 0) is 94.9 Å². The van der Waals surface area contributed by atoms with Crippen molar-refractivity contribution in [3.05, 3.63) is 0 Å². The molecule has 4 aliphatic heterocycles. The zero-order valence-corrected chi connectivity index (χ0v) is 24.9. The second-order valence-corrected chi connectivity index (χ2v) is 13.8. The maximum Gasteiger partial charge on any atom is 0.248 e. The van der Waals surface area contributed by atoms with E-state index >= 15 is 0 Å². The number of nitrogens with one attached hydrogen (secondary N) is 2. The Morgan fingerprint density at radius 2 is 1.85 bits per heavy atom. The minimum atomic E-state index is -0.485. The van der Waals surface area contributed by atoms with Crippen molar-refractivity contribution in [1.29, 1.82) is 0 Å². The maximum absolute atomic E-state index is 14.2. The molecule has 0 spiro atoms. The third kappa shape index (κ3) is 4.94. The molecule has 7 fully saturated rings. The molecule has 10 nitrogen and oxygen atoms in total. The zero-order chi connectivity index (χ0) is 28.2. The van der Waals surface area contributed by atoms with Gasteiger partial charge in [0.2, 0.25) is 11.8 Å². The molecule has 14 unspecified atom stereocenters. The van der Waals surface area contributed by atoms with Crippen LogP contribution in [0.5, 0.6) is 0 Å². The predicted molar refractivity (Wildman–Crippen MR) is 149 cm³/mol. The van der Waals surface area contributed by atoms with Crippen LogP contribution in [0.2, 0.25) is 0 Å². The number of ether oxygens (including phenoxy) is 5. The molecule has 10 heteroatoms. The van der Waals surface area contributed by atoms with Crippen LogP contribution in [0.15, 0.2) is 0 Å². The first-order chi connectivity index (χ1) is 20.0. The standard InChI is InChI=1S/C31H49N3O7/c1-16(30(35)33-14-17-4-8-23-25(12-17)40-15-39-23)41-18-5-7-22-21(13-18)19-10-11-32-27-20-6-9-24(37-2)29(38-3)26(20)31(36)34(22)28(19)27/h16-29,32H,4-15H2,1-3H3,(H,33,35). The van der Waals surface area contributed by atoms with Gasteiger partial charge in [-0.25, -0.2) is 0 Å². The fourth-order valence-electron chi connectivity index (χ4n) is 10.1. The molecule has 14 atom stereocenters. The Balaban J connectivity index is 0.982. The molecule has 2 N–H and O–H groups in total. The number of fused-ring (bicyclic) bond motifs is 6. The zero-order valence-electron chi connectivity index (χ0n) is 24.9. The van der Waals surface area contributed by atoms with Crippen LogP contribution in [0.1, 0.15) is 64.7 Å². The first-order valence-electron chi connectivity index (χ1n) is 16.3. The van der Waals surface area contributed by atoms with E-state index in [1.807, 2.05) is 6.92 Å². The molecule has 7 rings (SSSR count). The molecule has 230 valence electrons. The van der Waals surface area contributed by atoms with Crippen molar-refractivity contribution in [2.75, 3.05) is 34.1 Å². The van der Waals surface area contributed by atoms with Crippen LogP contribution in [0.25, 0.3) is 0 Å². The van der Waals surface area contributed by atoms with Crippen molar-refractivity contribution < 1.29 is 33.3 Å². The highest BCUT2D eigenvalue weighted by Gasteiger charge is 2.64. The second-order valence-electron chi connectivity index (χ2n) is 13.8. The van der Waals surface area contributed by atoms with Crippen LogP contribution in [0.3, 0.4) is 0 Å². The Bertz CT molecular complexity index is 983. The summed E-state index contributed by atoms with van der Waals surface area (Å²) in [5.41, 5.74) is 0. The van der Waals surface area contributed by atoms with Gasteiger partial charge in [-0.2, -0.15) is 0 Å². The Kier molecular flexibility index (Phi) is 8.09. The molecule has 0 aromatic heterocycles. The Morgan fingerprint density at radius 3 is 2.68 bits per heavy atom. The van der Waals surface area contributed by atoms with Gasteiger partial charge in [0.05, 0.1) is 42.5 Å². The molecule has 7 aliphatic rings. The summed E-state index contributed by atoms with van der Waals surface area (Å²) < 4.78 is 29.5. The summed E-state index contributed by atoms with van der Waals surface area (Å²) in [6.07, 6.45) is 8.51. The third-order valence-electron chi connectivity index (χ3n) is 12.0. The maximum atomic E-state index is 14.2. The molecule has 4 heterocycles. The average molecular weight is 576 g/mol. The van der Waals surface area contributed by atoms with E-state index in [4.69, 9.17) is 23.7 Å². The fraction of sp³-hybridized carbons (Fsp3) is 0.935. The van der Waals surface area contributed by atoms with Crippen molar-refractivity contribution in [3.63, 3.8) is 0 Å². The number of rotatable bonds is 7. The van der Waals surface area contributed by atoms with E-state index in [1.165, 1.54) is 0 Å². The summed E-state index contributed by atoms with van der Waals surface area (Å²) in [7, 11) is 3.47. The van der Waals surface area contributed by atoms with Crippen molar-refractivity contribution >= 4 is 11.8 Å². The van der Waals surface area contributed by atoms with Crippen LogP contribution in [0, 0.1) is 29.6 Å². The monoisotopic (exact) mass is 575 g/mol. The van der Waals surface area contributed by atoms with Crippen LogP contribution < -0.4 is 10.6 Å². The number of carbonyl (C=O) groups is 2. The lowest BCUT2D eigenvalue weighted by Gasteiger charge is -2.55. The van der Waals surface area contributed by atoms with E-state index in [9.17, 15) is 9.59 Å². The Hall–Kier alpha value is -1.30. The highest BCUT2D eigenvalue weighted by atomic mass is 16.7. The van der Waals surface area contributed by atoms with Crippen molar-refractivity contribution in [2.24, 2.45) is 29.6 Å². The van der Waals surface area contributed by atoms with Gasteiger partial charge in [0.15, 0.2) is 0 Å². The van der Waals surface area contributed by atoms with Gasteiger partial charge < -0.3 is 39.2 Å². The summed E-state index contributed by atoms with van der Waals surface area (Å²) in [4.78, 5) is 29.5. The van der Waals surface area contributed by atoms with Gasteiger partial charge in [-0.15, -0.1) is 0 Å². The molecule has 0 aromatic carbocycles. The van der Waals surface area contributed by atoms with Gasteiger partial charge >= 0.3 is 0 Å². The van der Waals surface area contributed by atoms with Gasteiger partial charge in [0, 0.05) is 32.8 Å². The first kappa shape index (κ1) is 28.5. The molecule has 2 amide bonds. The predicted octanol–water partition coefficient (Wildman–Crippen LogP) is 1.85. The van der Waals surface area contributed by atoms with Crippen molar-refractivity contribution in [2.45, 2.75) is 119 Å². The van der Waals surface area contributed by atoms with Crippen molar-refractivity contribution in [3.8, 4) is 0 Å². The van der Waals surface area contributed by atoms with E-state index in [0.717, 1.165) is 64.3 Å². The van der Waals surface area contributed by atoms with Crippen LogP contribution in [-0.4, -0.2) is 106 Å². The van der Waals surface area contributed by atoms with Crippen LogP contribution in [0.4, 0.5) is 0 Å². The number of piperidine rings is 2. The molecule has 3 aliphatic carbocycles. The lowest BCUT2D eigenvalue weighted by atomic mass is 9.64. The Morgan fingerprint density at radius 1 is 1.00 bits per heavy atom. The molecule has 0 bridgehead atoms. The highest BCUT2D eigenvalue weighted by Crippen LogP contribution is 2.54. The summed E-state index contributed by atoms with van der Waals surface area (Å²) in [5, 5.41) is 7.00. The summed E-state index contributed by atoms with van der Waals surface area (Å²) in [5.74, 6) is 1.73. The van der Waals surface area contributed by atoms with E-state index in [1.54, 1.807) is 14.2 Å². The van der Waals surface area contributed by atoms with E-state index in [-0.39, 0.29) is 60.3 Å². The number of hydrogen-bond acceptors (Lipinski definition) is 8. The number of hydrogen-bond donors (Lipinski definition) is 2. The average Bonchev–Trinajstić information content (AvgIpc) is 3.60. The smallest absolute Gasteiger partial charge is 0.248 e. The molecular formula is C31H49N3O7. The number of amides is 2. The molecule has 0 radical (unpaired) electrons. The van der Waals surface area contributed by atoms with Crippen LogP contribution in [-0.2, 0) is 33.3 Å². The summed E-state index contributed by atoms with van der Waals surface area (Å²) in [6, 6.07) is 0.827. The molecular weight excluding hydrogens is 526 g/mol. The molecule has 0 aromatic rings. The van der Waals surface area contributed by atoms with E-state index < -0.39 is 6.10 Å². The number of carbonyl (C=O) groups excluding carboxylic acids is 2. The Labute approximate surface area is 243 Å². The molecule has 4 saturated heterocycles. The van der Waals surface area contributed by atoms with Crippen molar-refractivity contribution in [1.82, 2.24) is 15.5 Å². The van der Waals surface area contributed by atoms with E-state index in [2.05, 4.69) is 15.5 Å². The van der Waals surface area contributed by atoms with Gasteiger partial charge in [-0.3, -0.25) is 9.59 Å². The minimum Gasteiger partial charge on any atom is -0.379 e. The SMILES string of the molecule is COC1CCC2C3NCCC4C5CC(OC(C)C(=O)NCC6CCC7OCOC7C6)CCC5N(C(=O)C2C1OC)C43. The van der Waals surface area contributed by atoms with E-state index in [0.29, 0.717) is 43.1 Å². The summed E-state index contributed by atoms with van der Waals surface area (Å²) >= 11 is 0. The third-order valence-corrected chi connectivity index (χ3v) is 12.0. The topological polar surface area (TPSA) is 108 Å².